The predicted molar refractivity (Wildman–Crippen MR) is 102 cm³/mol. The average molecular weight is 374 g/mol. The maximum absolute atomic E-state index is 12.1. The van der Waals surface area contributed by atoms with E-state index in [0.717, 1.165) is 24.1 Å². The molecule has 1 fully saturated rings. The summed E-state index contributed by atoms with van der Waals surface area (Å²) in [5.41, 5.74) is 7.50. The molecular formula is C18H22N4O3S. The van der Waals surface area contributed by atoms with Gasteiger partial charge in [0.15, 0.2) is 5.96 Å². The maximum Gasteiger partial charge on any atom is 0.240 e. The van der Waals surface area contributed by atoms with Crippen molar-refractivity contribution in [1.82, 2.24) is 4.72 Å². The minimum Gasteiger partial charge on any atom is -0.495 e. The molecule has 138 valence electrons. The maximum atomic E-state index is 12.1. The van der Waals surface area contributed by atoms with Gasteiger partial charge in [0, 0.05) is 6.04 Å². The van der Waals surface area contributed by atoms with Gasteiger partial charge in [-0.3, -0.25) is 0 Å². The van der Waals surface area contributed by atoms with E-state index in [1.54, 1.807) is 31.4 Å². The highest BCUT2D eigenvalue weighted by Gasteiger charge is 2.27. The SMILES string of the molecule is COc1ccccc1NC(N)=NCc1ccc(S(=O)(=O)NC2CC2)cc1. The Kier molecular flexibility index (Phi) is 5.43. The summed E-state index contributed by atoms with van der Waals surface area (Å²) < 4.78 is 32.2. The van der Waals surface area contributed by atoms with Gasteiger partial charge in [-0.1, -0.05) is 24.3 Å². The van der Waals surface area contributed by atoms with Crippen molar-refractivity contribution >= 4 is 21.7 Å². The van der Waals surface area contributed by atoms with Gasteiger partial charge in [0.25, 0.3) is 0 Å². The van der Waals surface area contributed by atoms with Crippen molar-refractivity contribution in [2.45, 2.75) is 30.3 Å². The molecule has 4 N–H and O–H groups in total. The summed E-state index contributed by atoms with van der Waals surface area (Å²) in [6.45, 7) is 0.338. The Morgan fingerprint density at radius 2 is 1.88 bits per heavy atom. The molecule has 0 aliphatic heterocycles. The van der Waals surface area contributed by atoms with Crippen molar-refractivity contribution in [1.29, 1.82) is 0 Å². The van der Waals surface area contributed by atoms with E-state index < -0.39 is 10.0 Å². The van der Waals surface area contributed by atoms with Crippen LogP contribution in [0.15, 0.2) is 58.4 Å². The van der Waals surface area contributed by atoms with Crippen LogP contribution < -0.4 is 20.5 Å². The Hall–Kier alpha value is -2.58. The zero-order valence-corrected chi connectivity index (χ0v) is 15.3. The molecule has 2 aromatic carbocycles. The normalized spacial score (nSPS) is 14.9. The fraction of sp³-hybridized carbons (Fsp3) is 0.278. The summed E-state index contributed by atoms with van der Waals surface area (Å²) in [7, 11) is -1.85. The van der Waals surface area contributed by atoms with Gasteiger partial charge in [0.2, 0.25) is 10.0 Å². The molecule has 3 rings (SSSR count). The predicted octanol–water partition coefficient (Wildman–Crippen LogP) is 2.06. The molecule has 0 radical (unpaired) electrons. The number of rotatable bonds is 7. The quantitative estimate of drug-likeness (QED) is 0.508. The number of hydrogen-bond donors (Lipinski definition) is 3. The van der Waals surface area contributed by atoms with Crippen LogP contribution in [0.5, 0.6) is 5.75 Å². The lowest BCUT2D eigenvalue weighted by atomic mass is 10.2. The number of anilines is 1. The molecule has 1 aliphatic rings. The number of nitrogens with zero attached hydrogens (tertiary/aromatic N) is 1. The second-order valence-corrected chi connectivity index (χ2v) is 7.78. The smallest absolute Gasteiger partial charge is 0.240 e. The number of methoxy groups -OCH3 is 1. The Morgan fingerprint density at radius 1 is 1.19 bits per heavy atom. The summed E-state index contributed by atoms with van der Waals surface area (Å²) in [5, 5.41) is 2.99. The molecular weight excluding hydrogens is 352 g/mol. The second kappa shape index (κ2) is 7.76. The fourth-order valence-corrected chi connectivity index (χ4v) is 3.67. The number of nitrogens with two attached hydrogens (primary N) is 1. The summed E-state index contributed by atoms with van der Waals surface area (Å²) in [4.78, 5) is 4.54. The van der Waals surface area contributed by atoms with Crippen LogP contribution in [0.1, 0.15) is 18.4 Å². The van der Waals surface area contributed by atoms with Crippen LogP contribution in [0.3, 0.4) is 0 Å². The molecule has 1 saturated carbocycles. The molecule has 0 aromatic heterocycles. The summed E-state index contributed by atoms with van der Waals surface area (Å²) in [6, 6.07) is 14.1. The molecule has 8 heteroatoms. The lowest BCUT2D eigenvalue weighted by Crippen LogP contribution is -2.25. The first-order valence-electron chi connectivity index (χ1n) is 8.29. The summed E-state index contributed by atoms with van der Waals surface area (Å²) in [6.07, 6.45) is 1.81. The van der Waals surface area contributed by atoms with Crippen LogP contribution in [0, 0.1) is 0 Å². The molecule has 26 heavy (non-hydrogen) atoms. The van der Waals surface area contributed by atoms with E-state index in [0.29, 0.717) is 12.3 Å². The van der Waals surface area contributed by atoms with Crippen molar-refractivity contribution in [3.63, 3.8) is 0 Å². The molecule has 0 unspecified atom stereocenters. The molecule has 0 heterocycles. The zero-order valence-electron chi connectivity index (χ0n) is 14.5. The van der Waals surface area contributed by atoms with Crippen molar-refractivity contribution in [3.8, 4) is 5.75 Å². The number of aliphatic imine (C=N–C) groups is 1. The number of hydrogen-bond acceptors (Lipinski definition) is 4. The highest BCUT2D eigenvalue weighted by molar-refractivity contribution is 7.89. The number of nitrogens with one attached hydrogen (secondary N) is 2. The highest BCUT2D eigenvalue weighted by atomic mass is 32.2. The number of sulfonamides is 1. The third-order valence-corrected chi connectivity index (χ3v) is 5.47. The van der Waals surface area contributed by atoms with Crippen LogP contribution in [0.25, 0.3) is 0 Å². The van der Waals surface area contributed by atoms with Crippen LogP contribution in [0.4, 0.5) is 5.69 Å². The monoisotopic (exact) mass is 374 g/mol. The molecule has 0 bridgehead atoms. The Morgan fingerprint density at radius 3 is 2.54 bits per heavy atom. The van der Waals surface area contributed by atoms with Gasteiger partial charge in [-0.25, -0.2) is 18.1 Å². The van der Waals surface area contributed by atoms with Crippen molar-refractivity contribution in [3.05, 3.63) is 54.1 Å². The lowest BCUT2D eigenvalue weighted by molar-refractivity contribution is 0.417. The topological polar surface area (TPSA) is 106 Å². The molecule has 2 aromatic rings. The van der Waals surface area contributed by atoms with E-state index in [-0.39, 0.29) is 16.9 Å². The summed E-state index contributed by atoms with van der Waals surface area (Å²) >= 11 is 0. The largest absolute Gasteiger partial charge is 0.495 e. The summed E-state index contributed by atoms with van der Waals surface area (Å²) in [5.74, 6) is 0.921. The number of guanidine groups is 1. The van der Waals surface area contributed by atoms with E-state index in [1.165, 1.54) is 0 Å². The Labute approximate surface area is 153 Å². The molecule has 0 amide bonds. The van der Waals surface area contributed by atoms with Crippen LogP contribution >= 0.6 is 0 Å². The number of para-hydroxylation sites is 2. The van der Waals surface area contributed by atoms with E-state index in [2.05, 4.69) is 15.0 Å². The highest BCUT2D eigenvalue weighted by Crippen LogP contribution is 2.23. The number of benzene rings is 2. The van der Waals surface area contributed by atoms with E-state index in [1.807, 2.05) is 24.3 Å². The van der Waals surface area contributed by atoms with Gasteiger partial charge in [0.05, 0.1) is 24.2 Å². The van der Waals surface area contributed by atoms with Crippen molar-refractivity contribution in [2.24, 2.45) is 10.7 Å². The first-order chi connectivity index (χ1) is 12.5. The first-order valence-corrected chi connectivity index (χ1v) is 9.77. The first kappa shape index (κ1) is 18.2. The van der Waals surface area contributed by atoms with Gasteiger partial charge in [-0.15, -0.1) is 0 Å². The molecule has 0 atom stereocenters. The van der Waals surface area contributed by atoms with Crippen LogP contribution in [-0.2, 0) is 16.6 Å². The lowest BCUT2D eigenvalue weighted by Gasteiger charge is -2.10. The van der Waals surface area contributed by atoms with Gasteiger partial charge in [0.1, 0.15) is 5.75 Å². The second-order valence-electron chi connectivity index (χ2n) is 6.07. The van der Waals surface area contributed by atoms with E-state index in [4.69, 9.17) is 10.5 Å². The van der Waals surface area contributed by atoms with Crippen molar-refractivity contribution < 1.29 is 13.2 Å². The van der Waals surface area contributed by atoms with E-state index in [9.17, 15) is 8.42 Å². The Bertz CT molecular complexity index is 891. The van der Waals surface area contributed by atoms with Gasteiger partial charge >= 0.3 is 0 Å². The minimum absolute atomic E-state index is 0.0881. The van der Waals surface area contributed by atoms with Crippen molar-refractivity contribution in [2.75, 3.05) is 12.4 Å². The molecule has 1 aliphatic carbocycles. The van der Waals surface area contributed by atoms with Gasteiger partial charge in [-0.2, -0.15) is 0 Å². The van der Waals surface area contributed by atoms with Crippen LogP contribution in [0.2, 0.25) is 0 Å². The fourth-order valence-electron chi connectivity index (χ4n) is 2.36. The Balaban J connectivity index is 1.62. The minimum atomic E-state index is -3.43. The number of ether oxygens (including phenoxy) is 1. The average Bonchev–Trinajstić information content (AvgIpc) is 3.44. The van der Waals surface area contributed by atoms with E-state index >= 15 is 0 Å². The van der Waals surface area contributed by atoms with Crippen LogP contribution in [-0.4, -0.2) is 27.5 Å². The molecule has 7 nitrogen and oxygen atoms in total. The standard InChI is InChI=1S/C18H22N4O3S/c1-25-17-5-3-2-4-16(17)21-18(19)20-12-13-6-10-15(11-7-13)26(23,24)22-14-8-9-14/h2-7,10-11,14,22H,8-9,12H2,1H3,(H3,19,20,21). The third kappa shape index (κ3) is 4.74. The third-order valence-electron chi connectivity index (χ3n) is 3.93. The molecule has 0 spiro atoms. The zero-order chi connectivity index (χ0) is 18.6. The van der Waals surface area contributed by atoms with Gasteiger partial charge < -0.3 is 15.8 Å². The van der Waals surface area contributed by atoms with Gasteiger partial charge in [-0.05, 0) is 42.7 Å². The molecule has 0 saturated heterocycles.